The number of aromatic nitrogens is 3. The van der Waals surface area contributed by atoms with E-state index in [9.17, 15) is 12.8 Å². The first-order valence-electron chi connectivity index (χ1n) is 12.4. The molecule has 0 radical (unpaired) electrons. The van der Waals surface area contributed by atoms with E-state index >= 15 is 0 Å². The smallest absolute Gasteiger partial charge is 0.263 e. The Balaban J connectivity index is 1.62. The highest BCUT2D eigenvalue weighted by molar-refractivity contribution is 7.92. The van der Waals surface area contributed by atoms with Crippen LogP contribution >= 0.6 is 11.6 Å². The van der Waals surface area contributed by atoms with Gasteiger partial charge in [-0.15, -0.1) is 5.10 Å². The van der Waals surface area contributed by atoms with Crippen LogP contribution in [0, 0.1) is 18.7 Å². The van der Waals surface area contributed by atoms with E-state index in [-0.39, 0.29) is 16.9 Å². The number of aryl methyl sites for hydroxylation is 1. The van der Waals surface area contributed by atoms with Crippen molar-refractivity contribution in [3.05, 3.63) is 106 Å². The fourth-order valence-corrected chi connectivity index (χ4v) is 7.30. The Morgan fingerprint density at radius 1 is 1.16 bits per heavy atom. The van der Waals surface area contributed by atoms with Gasteiger partial charge in [0.1, 0.15) is 5.82 Å². The predicted molar refractivity (Wildman–Crippen MR) is 149 cm³/mol. The van der Waals surface area contributed by atoms with Crippen LogP contribution in [-0.2, 0) is 23.0 Å². The van der Waals surface area contributed by atoms with Crippen molar-refractivity contribution in [1.29, 1.82) is 0 Å². The van der Waals surface area contributed by atoms with Crippen molar-refractivity contribution in [2.45, 2.75) is 44.7 Å². The van der Waals surface area contributed by atoms with Gasteiger partial charge in [0.2, 0.25) is 0 Å². The van der Waals surface area contributed by atoms with Gasteiger partial charge in [-0.3, -0.25) is 8.99 Å². The van der Waals surface area contributed by atoms with E-state index in [1.165, 1.54) is 10.4 Å². The molecule has 0 spiro atoms. The lowest BCUT2D eigenvalue weighted by molar-refractivity contribution is 0.348. The Bertz CT molecular complexity index is 1600. The summed E-state index contributed by atoms with van der Waals surface area (Å²) in [5.41, 5.74) is 4.14. The van der Waals surface area contributed by atoms with Gasteiger partial charge in [0.05, 0.1) is 21.8 Å². The molecule has 0 amide bonds. The van der Waals surface area contributed by atoms with E-state index < -0.39 is 15.8 Å². The summed E-state index contributed by atoms with van der Waals surface area (Å²) >= 11 is 6.28. The van der Waals surface area contributed by atoms with Crippen LogP contribution in [0.25, 0.3) is 11.6 Å². The molecule has 0 bridgehead atoms. The maximum atomic E-state index is 14.5. The van der Waals surface area contributed by atoms with E-state index in [1.54, 1.807) is 54.3 Å². The average Bonchev–Trinajstić information content (AvgIpc) is 3.37. The number of allylic oxidation sites excluding steroid dienone is 1. The predicted octanol–water partition coefficient (Wildman–Crippen LogP) is 6.40. The molecule has 1 aromatic heterocycles. The molecule has 0 unspecified atom stereocenters. The Kier molecular flexibility index (Phi) is 7.11. The van der Waals surface area contributed by atoms with Gasteiger partial charge >= 0.3 is 0 Å². The van der Waals surface area contributed by atoms with Crippen molar-refractivity contribution in [2.75, 3.05) is 4.31 Å². The normalized spacial score (nSPS) is 17.9. The molecule has 1 aliphatic rings. The van der Waals surface area contributed by atoms with E-state index in [2.05, 4.69) is 10.3 Å². The second kappa shape index (κ2) is 10.3. The first kappa shape index (κ1) is 26.1. The summed E-state index contributed by atoms with van der Waals surface area (Å²) < 4.78 is 46.0. The van der Waals surface area contributed by atoms with Crippen LogP contribution in [-0.4, -0.2) is 29.5 Å². The number of anilines is 1. The lowest BCUT2D eigenvalue weighted by Gasteiger charge is -2.41. The fraction of sp³-hybridized carbons (Fsp3) is 0.241. The highest BCUT2D eigenvalue weighted by Gasteiger charge is 2.39. The number of fused-ring (bicyclic) bond motifs is 1. The molecule has 38 heavy (non-hydrogen) atoms. The van der Waals surface area contributed by atoms with Crippen molar-refractivity contribution >= 4 is 39.0 Å². The molecule has 3 aromatic carbocycles. The van der Waals surface area contributed by atoms with Crippen molar-refractivity contribution < 1.29 is 12.8 Å². The van der Waals surface area contributed by atoms with Gasteiger partial charge in [0.25, 0.3) is 10.0 Å². The van der Waals surface area contributed by atoms with Gasteiger partial charge in [-0.05, 0) is 79.8 Å². The van der Waals surface area contributed by atoms with E-state index in [4.69, 9.17) is 11.6 Å². The van der Waals surface area contributed by atoms with Crippen LogP contribution in [0.3, 0.4) is 0 Å². The topological polar surface area (TPSA) is 68.1 Å². The molecule has 0 fully saturated rings. The second-order valence-corrected chi connectivity index (χ2v) is 12.0. The first-order valence-corrected chi connectivity index (χ1v) is 14.2. The third-order valence-corrected chi connectivity index (χ3v) is 9.27. The highest BCUT2D eigenvalue weighted by Crippen LogP contribution is 2.40. The highest BCUT2D eigenvalue weighted by atomic mass is 35.5. The molecule has 6 nitrogen and oxygen atoms in total. The van der Waals surface area contributed by atoms with Gasteiger partial charge in [-0.1, -0.05) is 53.2 Å². The summed E-state index contributed by atoms with van der Waals surface area (Å²) in [5.74, 6) is -0.429. The summed E-state index contributed by atoms with van der Waals surface area (Å²) in [6.45, 7) is 6.14. The lowest BCUT2D eigenvalue weighted by atomic mass is 9.87. The number of hydrogen-bond donors (Lipinski definition) is 0. The molecule has 0 N–H and O–H groups in total. The van der Waals surface area contributed by atoms with Crippen molar-refractivity contribution in [1.82, 2.24) is 15.0 Å². The fourth-order valence-electron chi connectivity index (χ4n) is 5.13. The Hall–Kier alpha value is -3.49. The second-order valence-electron chi connectivity index (χ2n) is 9.76. The van der Waals surface area contributed by atoms with Crippen molar-refractivity contribution in [2.24, 2.45) is 5.92 Å². The molecule has 0 saturated heterocycles. The monoisotopic (exact) mass is 550 g/mol. The minimum absolute atomic E-state index is 0.0240. The van der Waals surface area contributed by atoms with E-state index in [0.717, 1.165) is 16.7 Å². The molecule has 5 rings (SSSR count). The molecule has 196 valence electrons. The van der Waals surface area contributed by atoms with Crippen molar-refractivity contribution in [3.8, 4) is 0 Å². The minimum atomic E-state index is -3.88. The number of sulfonamides is 1. The third-order valence-electron chi connectivity index (χ3n) is 7.06. The number of halogens is 2. The Morgan fingerprint density at radius 2 is 1.95 bits per heavy atom. The van der Waals surface area contributed by atoms with Crippen molar-refractivity contribution in [3.63, 3.8) is 0 Å². The zero-order chi connectivity index (χ0) is 27.0. The van der Waals surface area contributed by atoms with Crippen LogP contribution in [0.2, 0.25) is 5.02 Å². The molecule has 0 saturated carbocycles. The summed E-state index contributed by atoms with van der Waals surface area (Å²) in [7, 11) is -3.88. The lowest BCUT2D eigenvalue weighted by Crippen LogP contribution is -2.48. The maximum absolute atomic E-state index is 14.5. The summed E-state index contributed by atoms with van der Waals surface area (Å²) in [6, 6.07) is 16.9. The standard InChI is InChI=1S/C29H28ClFN4O2S/c1-19-6-4-7-25(14-19)38(36,37)35-21(3)24(18-34-13-12-32-33-34)17-23-11-10-22(16-28(23)35)15-20(2)29-26(30)8-5-9-27(29)31/h4-16,21,24H,17-18H2,1-3H3/b20-15+/t21-,24+/m1/s1. The maximum Gasteiger partial charge on any atom is 0.264 e. The van der Waals surface area contributed by atoms with Gasteiger partial charge in [0, 0.05) is 30.3 Å². The number of hydrogen-bond acceptors (Lipinski definition) is 4. The molecule has 2 heterocycles. The number of rotatable bonds is 6. The minimum Gasteiger partial charge on any atom is -0.263 e. The molecule has 9 heteroatoms. The molecular formula is C29H28ClFN4O2S. The summed E-state index contributed by atoms with van der Waals surface area (Å²) in [6.07, 6.45) is 5.91. The molecule has 0 aliphatic carbocycles. The zero-order valence-corrected chi connectivity index (χ0v) is 22.9. The average molecular weight is 551 g/mol. The van der Waals surface area contributed by atoms with Crippen LogP contribution in [0.5, 0.6) is 0 Å². The van der Waals surface area contributed by atoms with Crippen LogP contribution in [0.15, 0.2) is 78.0 Å². The van der Waals surface area contributed by atoms with Crippen LogP contribution in [0.4, 0.5) is 10.1 Å². The van der Waals surface area contributed by atoms with Gasteiger partial charge in [0.15, 0.2) is 0 Å². The Labute approximate surface area is 227 Å². The first-order chi connectivity index (χ1) is 18.1. The Morgan fingerprint density at radius 3 is 2.66 bits per heavy atom. The number of nitrogens with zero attached hydrogens (tertiary/aromatic N) is 4. The van der Waals surface area contributed by atoms with E-state index in [0.29, 0.717) is 34.8 Å². The van der Waals surface area contributed by atoms with Gasteiger partial charge in [-0.25, -0.2) is 12.8 Å². The summed E-state index contributed by atoms with van der Waals surface area (Å²) in [4.78, 5) is 0.243. The SMILES string of the molecule is C/C(=C\c1ccc2c(c1)N(S(=O)(=O)c1cccc(C)c1)[C@H](C)[C@H](Cn1ccnn1)C2)c1c(F)cccc1Cl. The molecule has 1 aliphatic heterocycles. The molecular weight excluding hydrogens is 523 g/mol. The van der Waals surface area contributed by atoms with Gasteiger partial charge in [-0.2, -0.15) is 0 Å². The molecule has 4 aromatic rings. The zero-order valence-electron chi connectivity index (χ0n) is 21.3. The molecule has 2 atom stereocenters. The van der Waals surface area contributed by atoms with Gasteiger partial charge < -0.3 is 0 Å². The third kappa shape index (κ3) is 4.98. The van der Waals surface area contributed by atoms with Crippen LogP contribution < -0.4 is 4.31 Å². The van der Waals surface area contributed by atoms with E-state index in [1.807, 2.05) is 44.2 Å². The summed E-state index contributed by atoms with van der Waals surface area (Å²) in [5, 5.41) is 8.32. The largest absolute Gasteiger partial charge is 0.264 e. The quantitative estimate of drug-likeness (QED) is 0.261. The van der Waals surface area contributed by atoms with Crippen LogP contribution in [0.1, 0.15) is 36.1 Å². The number of benzene rings is 3.